The van der Waals surface area contributed by atoms with Gasteiger partial charge in [0.25, 0.3) is 0 Å². The third-order valence-corrected chi connectivity index (χ3v) is 5.41. The fourth-order valence-electron chi connectivity index (χ4n) is 3.25. The van der Waals surface area contributed by atoms with Crippen molar-refractivity contribution >= 4 is 33.3 Å². The average Bonchev–Trinajstić information content (AvgIpc) is 2.99. The van der Waals surface area contributed by atoms with E-state index in [0.29, 0.717) is 5.82 Å². The first-order chi connectivity index (χ1) is 9.33. The van der Waals surface area contributed by atoms with Crippen molar-refractivity contribution in [2.24, 2.45) is 0 Å². The van der Waals surface area contributed by atoms with Crippen LogP contribution >= 0.6 is 11.3 Å². The Hall–Kier alpha value is -1.36. The van der Waals surface area contributed by atoms with E-state index >= 15 is 0 Å². The monoisotopic (exact) mass is 274 g/mol. The number of hydrogen-bond acceptors (Lipinski definition) is 5. The number of hydrogen-bond donors (Lipinski definition) is 1. The molecule has 0 atom stereocenters. The maximum atomic E-state index is 6.21. The van der Waals surface area contributed by atoms with Gasteiger partial charge in [0.2, 0.25) is 5.95 Å². The summed E-state index contributed by atoms with van der Waals surface area (Å²) in [6, 6.07) is 0. The molecule has 100 valence electrons. The molecule has 1 aliphatic carbocycles. The zero-order valence-electron chi connectivity index (χ0n) is 11.0. The highest BCUT2D eigenvalue weighted by atomic mass is 32.1. The summed E-state index contributed by atoms with van der Waals surface area (Å²) >= 11 is 1.82. The average molecular weight is 274 g/mol. The molecule has 4 nitrogen and oxygen atoms in total. The Balaban J connectivity index is 1.82. The number of nitrogens with zero attached hydrogens (tertiary/aromatic N) is 3. The smallest absolute Gasteiger partial charge is 0.228 e. The van der Waals surface area contributed by atoms with Gasteiger partial charge in [-0.05, 0) is 44.1 Å². The van der Waals surface area contributed by atoms with Gasteiger partial charge in [0.05, 0.1) is 5.39 Å². The van der Waals surface area contributed by atoms with Crippen LogP contribution in [-0.2, 0) is 12.8 Å². The first-order valence-electron chi connectivity index (χ1n) is 7.15. The highest BCUT2D eigenvalue weighted by Crippen LogP contribution is 2.39. The van der Waals surface area contributed by atoms with Gasteiger partial charge in [0.15, 0.2) is 0 Å². The number of aryl methyl sites for hydroxylation is 2. The summed E-state index contributed by atoms with van der Waals surface area (Å²) in [5.74, 6) is 1.52. The van der Waals surface area contributed by atoms with Gasteiger partial charge < -0.3 is 10.6 Å². The third kappa shape index (κ3) is 1.79. The Morgan fingerprint density at radius 1 is 1.00 bits per heavy atom. The number of piperidine rings is 1. The summed E-state index contributed by atoms with van der Waals surface area (Å²) in [5.41, 5.74) is 7.63. The molecule has 0 spiro atoms. The van der Waals surface area contributed by atoms with Gasteiger partial charge in [-0.3, -0.25) is 0 Å². The van der Waals surface area contributed by atoms with Gasteiger partial charge in [0, 0.05) is 18.0 Å². The van der Waals surface area contributed by atoms with Crippen LogP contribution in [0.25, 0.3) is 10.2 Å². The third-order valence-electron chi connectivity index (χ3n) is 4.22. The largest absolute Gasteiger partial charge is 0.383 e. The zero-order chi connectivity index (χ0) is 12.8. The van der Waals surface area contributed by atoms with E-state index in [2.05, 4.69) is 9.88 Å². The molecule has 0 unspecified atom stereocenters. The van der Waals surface area contributed by atoms with Crippen LogP contribution in [0.3, 0.4) is 0 Å². The van der Waals surface area contributed by atoms with Crippen molar-refractivity contribution in [3.8, 4) is 0 Å². The summed E-state index contributed by atoms with van der Waals surface area (Å²) in [4.78, 5) is 14.2. The van der Waals surface area contributed by atoms with Crippen molar-refractivity contribution in [1.29, 1.82) is 0 Å². The first kappa shape index (κ1) is 11.5. The van der Waals surface area contributed by atoms with E-state index < -0.39 is 0 Å². The molecule has 0 saturated carbocycles. The number of nitrogens with two attached hydrogens (primary N) is 1. The minimum atomic E-state index is 0.685. The molecule has 1 aliphatic heterocycles. The minimum absolute atomic E-state index is 0.685. The second-order valence-corrected chi connectivity index (χ2v) is 6.58. The van der Waals surface area contributed by atoms with Gasteiger partial charge in [-0.1, -0.05) is 0 Å². The summed E-state index contributed by atoms with van der Waals surface area (Å²) in [7, 11) is 0. The van der Waals surface area contributed by atoms with Crippen molar-refractivity contribution in [2.75, 3.05) is 23.7 Å². The Kier molecular flexibility index (Phi) is 2.62. The van der Waals surface area contributed by atoms with E-state index in [9.17, 15) is 0 Å². The van der Waals surface area contributed by atoms with E-state index in [1.807, 2.05) is 11.3 Å². The normalized spacial score (nSPS) is 19.1. The van der Waals surface area contributed by atoms with Crippen molar-refractivity contribution in [3.63, 3.8) is 0 Å². The molecule has 5 heteroatoms. The topological polar surface area (TPSA) is 55.0 Å². The van der Waals surface area contributed by atoms with Gasteiger partial charge in [0.1, 0.15) is 10.6 Å². The Morgan fingerprint density at radius 2 is 1.84 bits per heavy atom. The molecule has 1 fully saturated rings. The van der Waals surface area contributed by atoms with Crippen LogP contribution in [0.15, 0.2) is 0 Å². The molecule has 4 rings (SSSR count). The highest BCUT2D eigenvalue weighted by Gasteiger charge is 2.23. The van der Waals surface area contributed by atoms with E-state index in [4.69, 9.17) is 10.7 Å². The Morgan fingerprint density at radius 3 is 2.68 bits per heavy atom. The summed E-state index contributed by atoms with van der Waals surface area (Å²) in [5, 5.41) is 1.14. The lowest BCUT2D eigenvalue weighted by atomic mass is 10.1. The van der Waals surface area contributed by atoms with E-state index in [0.717, 1.165) is 35.7 Å². The molecular formula is C14H18N4S. The Labute approximate surface area is 116 Å². The second-order valence-electron chi connectivity index (χ2n) is 5.49. The summed E-state index contributed by atoms with van der Waals surface area (Å²) < 4.78 is 0. The number of aromatic nitrogens is 2. The highest BCUT2D eigenvalue weighted by molar-refractivity contribution is 7.19. The molecule has 3 heterocycles. The molecule has 0 amide bonds. The van der Waals surface area contributed by atoms with E-state index in [1.165, 1.54) is 42.5 Å². The standard InChI is InChI=1S/C14H18N4S/c15-12-11-9-5-4-6-10(9)19-13(11)17-14(16-12)18-7-2-1-3-8-18/h1-8H2,(H2,15,16,17). The molecule has 2 aromatic heterocycles. The molecule has 19 heavy (non-hydrogen) atoms. The van der Waals surface area contributed by atoms with Crippen LogP contribution in [0.4, 0.5) is 11.8 Å². The second kappa shape index (κ2) is 4.34. The number of rotatable bonds is 1. The lowest BCUT2D eigenvalue weighted by Gasteiger charge is -2.26. The van der Waals surface area contributed by atoms with Crippen molar-refractivity contribution in [3.05, 3.63) is 10.4 Å². The van der Waals surface area contributed by atoms with Gasteiger partial charge in [-0.25, -0.2) is 4.98 Å². The lowest BCUT2D eigenvalue weighted by Crippen LogP contribution is -2.31. The molecular weight excluding hydrogens is 256 g/mol. The van der Waals surface area contributed by atoms with Crippen LogP contribution in [0.5, 0.6) is 0 Å². The van der Waals surface area contributed by atoms with Gasteiger partial charge in [-0.15, -0.1) is 11.3 Å². The minimum Gasteiger partial charge on any atom is -0.383 e. The fraction of sp³-hybridized carbons (Fsp3) is 0.571. The summed E-state index contributed by atoms with van der Waals surface area (Å²) in [6.45, 7) is 2.13. The van der Waals surface area contributed by atoms with Gasteiger partial charge >= 0.3 is 0 Å². The van der Waals surface area contributed by atoms with Crippen LogP contribution in [0, 0.1) is 0 Å². The number of anilines is 2. The van der Waals surface area contributed by atoms with Gasteiger partial charge in [-0.2, -0.15) is 4.98 Å². The molecule has 1 saturated heterocycles. The maximum Gasteiger partial charge on any atom is 0.228 e. The summed E-state index contributed by atoms with van der Waals surface area (Å²) in [6.07, 6.45) is 7.39. The number of thiophene rings is 1. The fourth-order valence-corrected chi connectivity index (χ4v) is 4.51. The molecule has 2 aliphatic rings. The zero-order valence-corrected chi connectivity index (χ0v) is 11.8. The molecule has 2 N–H and O–H groups in total. The first-order valence-corrected chi connectivity index (χ1v) is 7.97. The number of nitrogen functional groups attached to an aromatic ring is 1. The van der Waals surface area contributed by atoms with E-state index in [-0.39, 0.29) is 0 Å². The predicted molar refractivity (Wildman–Crippen MR) is 79.9 cm³/mol. The number of fused-ring (bicyclic) bond motifs is 3. The molecule has 0 bridgehead atoms. The lowest BCUT2D eigenvalue weighted by molar-refractivity contribution is 0.569. The van der Waals surface area contributed by atoms with Crippen molar-refractivity contribution in [2.45, 2.75) is 38.5 Å². The SMILES string of the molecule is Nc1nc(N2CCCCC2)nc2sc3c(c12)CCC3. The van der Waals surface area contributed by atoms with E-state index in [1.54, 1.807) is 0 Å². The Bertz CT molecular complexity index is 628. The van der Waals surface area contributed by atoms with Crippen molar-refractivity contribution in [1.82, 2.24) is 9.97 Å². The van der Waals surface area contributed by atoms with Crippen LogP contribution in [0.2, 0.25) is 0 Å². The molecule has 0 aromatic carbocycles. The maximum absolute atomic E-state index is 6.21. The molecule has 2 aromatic rings. The quantitative estimate of drug-likeness (QED) is 0.868. The predicted octanol–water partition coefficient (Wildman–Crippen LogP) is 2.75. The van der Waals surface area contributed by atoms with Crippen molar-refractivity contribution < 1.29 is 0 Å². The van der Waals surface area contributed by atoms with Crippen LogP contribution in [-0.4, -0.2) is 23.1 Å². The van der Waals surface area contributed by atoms with Crippen LogP contribution < -0.4 is 10.6 Å². The molecule has 0 radical (unpaired) electrons. The van der Waals surface area contributed by atoms with Crippen LogP contribution in [0.1, 0.15) is 36.1 Å².